The van der Waals surface area contributed by atoms with E-state index in [1.807, 2.05) is 54.6 Å². The van der Waals surface area contributed by atoms with Gasteiger partial charge in [-0.25, -0.2) is 0 Å². The maximum absolute atomic E-state index is 11.0. The van der Waals surface area contributed by atoms with Crippen molar-refractivity contribution in [1.29, 1.82) is 0 Å². The van der Waals surface area contributed by atoms with Gasteiger partial charge < -0.3 is 14.2 Å². The summed E-state index contributed by atoms with van der Waals surface area (Å²) in [5, 5.41) is 17.5. The van der Waals surface area contributed by atoms with Crippen molar-refractivity contribution >= 4 is 5.97 Å². The first-order chi connectivity index (χ1) is 16.5. The molecule has 4 aromatic rings. The van der Waals surface area contributed by atoms with Crippen LogP contribution in [-0.2, 0) is 17.8 Å². The molecule has 0 bridgehead atoms. The fraction of sp³-hybridized carbons (Fsp3) is 0.308. The Kier molecular flexibility index (Phi) is 5.98. The van der Waals surface area contributed by atoms with Gasteiger partial charge in [0, 0.05) is 36.3 Å². The molecule has 0 atom stereocenters. The number of benzene rings is 2. The normalized spacial score (nSPS) is 14.4. The largest absolute Gasteiger partial charge is 0.481 e. The number of aliphatic carboxylic acids is 1. The van der Waals surface area contributed by atoms with E-state index in [0.29, 0.717) is 36.4 Å². The Hall–Kier alpha value is -3.78. The molecule has 1 aliphatic rings. The minimum Gasteiger partial charge on any atom is -0.481 e. The highest BCUT2D eigenvalue weighted by Gasteiger charge is 2.32. The smallest absolute Gasteiger partial charge is 0.309 e. The summed E-state index contributed by atoms with van der Waals surface area (Å²) in [6.45, 7) is 6.20. The summed E-state index contributed by atoms with van der Waals surface area (Å²) in [5.74, 6) is 0.963. The zero-order valence-corrected chi connectivity index (χ0v) is 19.1. The molecule has 3 heterocycles. The standard InChI is InChI=1S/C26H26N4O4/c1-16(2)12-21-22(28-33-23(21)18-6-4-3-5-7-18)25-27-24(29-34-25)19-10-8-17(9-11-19)13-30-14-20(15-30)26(31)32/h3-11,16,20H,12-15H2,1-2H3,(H,31,32). The predicted octanol–water partition coefficient (Wildman–Crippen LogP) is 4.77. The maximum atomic E-state index is 11.0. The number of nitrogens with zero attached hydrogens (tertiary/aromatic N) is 4. The molecule has 1 saturated heterocycles. The number of rotatable bonds is 8. The van der Waals surface area contributed by atoms with Crippen molar-refractivity contribution in [3.05, 3.63) is 65.7 Å². The van der Waals surface area contributed by atoms with Crippen LogP contribution in [0.15, 0.2) is 63.6 Å². The number of carbonyl (C=O) groups is 1. The highest BCUT2D eigenvalue weighted by Crippen LogP contribution is 2.34. The van der Waals surface area contributed by atoms with Gasteiger partial charge in [0.25, 0.3) is 5.89 Å². The second-order valence-corrected chi connectivity index (χ2v) is 9.15. The third-order valence-electron chi connectivity index (χ3n) is 5.99. The van der Waals surface area contributed by atoms with Crippen LogP contribution in [-0.4, -0.2) is 44.4 Å². The first kappa shape index (κ1) is 22.0. The minimum atomic E-state index is -0.723. The second kappa shape index (κ2) is 9.23. The molecule has 2 aromatic heterocycles. The van der Waals surface area contributed by atoms with Crippen LogP contribution < -0.4 is 0 Å². The molecule has 0 saturated carbocycles. The molecule has 174 valence electrons. The number of aromatic nitrogens is 3. The summed E-state index contributed by atoms with van der Waals surface area (Å²) in [4.78, 5) is 17.7. The minimum absolute atomic E-state index is 0.253. The van der Waals surface area contributed by atoms with E-state index in [2.05, 4.69) is 34.0 Å². The third-order valence-corrected chi connectivity index (χ3v) is 5.99. The highest BCUT2D eigenvalue weighted by atomic mass is 16.5. The van der Waals surface area contributed by atoms with Gasteiger partial charge in [0.2, 0.25) is 5.82 Å². The van der Waals surface area contributed by atoms with Crippen molar-refractivity contribution in [3.63, 3.8) is 0 Å². The second-order valence-electron chi connectivity index (χ2n) is 9.15. The van der Waals surface area contributed by atoms with Gasteiger partial charge in [-0.15, -0.1) is 0 Å². The molecule has 8 heteroatoms. The van der Waals surface area contributed by atoms with Crippen LogP contribution in [0.3, 0.4) is 0 Å². The summed E-state index contributed by atoms with van der Waals surface area (Å²) in [6, 6.07) is 17.8. The molecular weight excluding hydrogens is 432 g/mol. The summed E-state index contributed by atoms with van der Waals surface area (Å²) in [5.41, 5.74) is 4.45. The van der Waals surface area contributed by atoms with Crippen molar-refractivity contribution in [2.24, 2.45) is 11.8 Å². The van der Waals surface area contributed by atoms with E-state index in [1.165, 1.54) is 0 Å². The third kappa shape index (κ3) is 4.49. The SMILES string of the molecule is CC(C)Cc1c(-c2nc(-c3ccc(CN4CC(C(=O)O)C4)cc3)no2)noc1-c1ccccc1. The molecule has 0 radical (unpaired) electrons. The van der Waals surface area contributed by atoms with E-state index in [0.717, 1.165) is 41.0 Å². The van der Waals surface area contributed by atoms with Crippen LogP contribution in [0.25, 0.3) is 34.3 Å². The Morgan fingerprint density at radius 3 is 2.44 bits per heavy atom. The lowest BCUT2D eigenvalue weighted by atomic mass is 9.98. The summed E-state index contributed by atoms with van der Waals surface area (Å²) >= 11 is 0. The van der Waals surface area contributed by atoms with Crippen LogP contribution >= 0.6 is 0 Å². The van der Waals surface area contributed by atoms with Crippen LogP contribution in [0.4, 0.5) is 0 Å². The Balaban J connectivity index is 1.35. The van der Waals surface area contributed by atoms with E-state index in [1.54, 1.807) is 0 Å². The van der Waals surface area contributed by atoms with Crippen molar-refractivity contribution in [2.75, 3.05) is 13.1 Å². The quantitative estimate of drug-likeness (QED) is 0.402. The van der Waals surface area contributed by atoms with Gasteiger partial charge in [0.15, 0.2) is 11.5 Å². The van der Waals surface area contributed by atoms with Gasteiger partial charge >= 0.3 is 5.97 Å². The Morgan fingerprint density at radius 1 is 1.03 bits per heavy atom. The number of hydrogen-bond donors (Lipinski definition) is 1. The molecule has 1 fully saturated rings. The van der Waals surface area contributed by atoms with Gasteiger partial charge in [-0.05, 0) is 17.9 Å². The van der Waals surface area contributed by atoms with E-state index < -0.39 is 5.97 Å². The summed E-state index contributed by atoms with van der Waals surface area (Å²) in [7, 11) is 0. The zero-order chi connectivity index (χ0) is 23.7. The van der Waals surface area contributed by atoms with E-state index >= 15 is 0 Å². The van der Waals surface area contributed by atoms with Gasteiger partial charge in [0.1, 0.15) is 0 Å². The van der Waals surface area contributed by atoms with Crippen LogP contribution in [0.2, 0.25) is 0 Å². The molecule has 0 unspecified atom stereocenters. The van der Waals surface area contributed by atoms with Crippen LogP contribution in [0.5, 0.6) is 0 Å². The number of likely N-dealkylation sites (tertiary alicyclic amines) is 1. The average Bonchev–Trinajstić information content (AvgIpc) is 3.44. The van der Waals surface area contributed by atoms with Gasteiger partial charge in [-0.2, -0.15) is 4.98 Å². The fourth-order valence-corrected chi connectivity index (χ4v) is 4.20. The fourth-order valence-electron chi connectivity index (χ4n) is 4.20. The first-order valence-electron chi connectivity index (χ1n) is 11.4. The molecular formula is C26H26N4O4. The highest BCUT2D eigenvalue weighted by molar-refractivity contribution is 5.71. The molecule has 1 aliphatic heterocycles. The maximum Gasteiger partial charge on any atom is 0.309 e. The zero-order valence-electron chi connectivity index (χ0n) is 19.1. The molecule has 0 amide bonds. The summed E-state index contributed by atoms with van der Waals surface area (Å²) in [6.07, 6.45) is 0.773. The Labute approximate surface area is 197 Å². The lowest BCUT2D eigenvalue weighted by Gasteiger charge is -2.36. The molecule has 0 aliphatic carbocycles. The van der Waals surface area contributed by atoms with Gasteiger partial charge in [-0.1, -0.05) is 78.8 Å². The average molecular weight is 459 g/mol. The summed E-state index contributed by atoms with van der Waals surface area (Å²) < 4.78 is 11.3. The van der Waals surface area contributed by atoms with Gasteiger partial charge in [-0.3, -0.25) is 9.69 Å². The molecule has 5 rings (SSSR count). The van der Waals surface area contributed by atoms with Crippen molar-refractivity contribution in [1.82, 2.24) is 20.2 Å². The van der Waals surface area contributed by atoms with E-state index in [9.17, 15) is 4.79 Å². The molecule has 0 spiro atoms. The molecule has 8 nitrogen and oxygen atoms in total. The van der Waals surface area contributed by atoms with Crippen LogP contribution in [0.1, 0.15) is 25.0 Å². The number of hydrogen-bond acceptors (Lipinski definition) is 7. The Bertz CT molecular complexity index is 1270. The number of carboxylic acid groups (broad SMARTS) is 1. The van der Waals surface area contributed by atoms with E-state index in [4.69, 9.17) is 14.2 Å². The van der Waals surface area contributed by atoms with Crippen molar-refractivity contribution < 1.29 is 18.9 Å². The lowest BCUT2D eigenvalue weighted by molar-refractivity contribution is -0.147. The van der Waals surface area contributed by atoms with Crippen molar-refractivity contribution in [3.8, 4) is 34.3 Å². The van der Waals surface area contributed by atoms with Crippen LogP contribution in [0, 0.1) is 11.8 Å². The monoisotopic (exact) mass is 458 g/mol. The first-order valence-corrected chi connectivity index (χ1v) is 11.4. The molecule has 34 heavy (non-hydrogen) atoms. The lowest BCUT2D eigenvalue weighted by Crippen LogP contribution is -2.49. The molecule has 1 N–H and O–H groups in total. The van der Waals surface area contributed by atoms with Crippen molar-refractivity contribution in [2.45, 2.75) is 26.8 Å². The topological polar surface area (TPSA) is 105 Å². The van der Waals surface area contributed by atoms with E-state index in [-0.39, 0.29) is 5.92 Å². The Morgan fingerprint density at radius 2 is 1.76 bits per heavy atom. The molecule has 2 aromatic carbocycles. The predicted molar refractivity (Wildman–Crippen MR) is 126 cm³/mol. The van der Waals surface area contributed by atoms with Gasteiger partial charge in [0.05, 0.1) is 5.92 Å². The number of carboxylic acids is 1.